The van der Waals surface area contributed by atoms with E-state index in [-0.39, 0.29) is 18.2 Å². The number of hydrogen-bond acceptors (Lipinski definition) is 5. The van der Waals surface area contributed by atoms with Gasteiger partial charge in [-0.1, -0.05) is 28.9 Å². The third kappa shape index (κ3) is 3.86. The first kappa shape index (κ1) is 15.9. The highest BCUT2D eigenvalue weighted by atomic mass is 35.5. The summed E-state index contributed by atoms with van der Waals surface area (Å²) in [5, 5.41) is 24.9. The standard InChI is InChI=1S/C15H18ClN5O2/c16-12-5-3-10(4-6-12)13(22)8-14(23)21-7-1-2-11(9-21)15-17-19-20-18-15/h3-6,11,13,22H,1-2,7-9H2,(H,17,18,19,20). The number of nitrogens with one attached hydrogen (secondary N) is 1. The predicted octanol–water partition coefficient (Wildman–Crippen LogP) is 1.68. The maximum atomic E-state index is 12.4. The van der Waals surface area contributed by atoms with Crippen LogP contribution in [0.1, 0.15) is 42.7 Å². The molecule has 2 aromatic rings. The van der Waals surface area contributed by atoms with Crippen LogP contribution in [0.4, 0.5) is 0 Å². The van der Waals surface area contributed by atoms with Crippen LogP contribution < -0.4 is 0 Å². The lowest BCUT2D eigenvalue weighted by Crippen LogP contribution is -2.40. The van der Waals surface area contributed by atoms with E-state index in [1.54, 1.807) is 29.2 Å². The number of rotatable bonds is 4. The molecule has 1 fully saturated rings. The number of nitrogens with zero attached hydrogens (tertiary/aromatic N) is 4. The van der Waals surface area contributed by atoms with Gasteiger partial charge in [0.25, 0.3) is 0 Å². The van der Waals surface area contributed by atoms with E-state index in [2.05, 4.69) is 20.6 Å². The number of piperidine rings is 1. The highest BCUT2D eigenvalue weighted by Crippen LogP contribution is 2.26. The van der Waals surface area contributed by atoms with Gasteiger partial charge >= 0.3 is 0 Å². The number of H-pyrrole nitrogens is 1. The van der Waals surface area contributed by atoms with Gasteiger partial charge in [0, 0.05) is 24.0 Å². The minimum Gasteiger partial charge on any atom is -0.388 e. The van der Waals surface area contributed by atoms with Crippen LogP contribution in [0.3, 0.4) is 0 Å². The van der Waals surface area contributed by atoms with E-state index in [1.165, 1.54) is 0 Å². The minimum absolute atomic E-state index is 0.0561. The number of amides is 1. The molecule has 0 spiro atoms. The molecular formula is C15H18ClN5O2. The van der Waals surface area contributed by atoms with Crippen molar-refractivity contribution >= 4 is 17.5 Å². The van der Waals surface area contributed by atoms with Crippen LogP contribution in [0.2, 0.25) is 5.02 Å². The van der Waals surface area contributed by atoms with Crippen molar-refractivity contribution < 1.29 is 9.90 Å². The van der Waals surface area contributed by atoms with Gasteiger partial charge in [0.2, 0.25) is 5.91 Å². The number of carbonyl (C=O) groups excluding carboxylic acids is 1. The van der Waals surface area contributed by atoms with E-state index in [9.17, 15) is 9.90 Å². The van der Waals surface area contributed by atoms with Crippen molar-refractivity contribution in [3.8, 4) is 0 Å². The Morgan fingerprint density at radius 3 is 2.91 bits per heavy atom. The number of likely N-dealkylation sites (tertiary alicyclic amines) is 1. The van der Waals surface area contributed by atoms with Gasteiger partial charge < -0.3 is 10.0 Å². The molecule has 2 unspecified atom stereocenters. The normalized spacial score (nSPS) is 19.6. The molecule has 1 saturated heterocycles. The molecule has 3 rings (SSSR count). The van der Waals surface area contributed by atoms with Crippen LogP contribution in [0, 0.1) is 0 Å². The number of aliphatic hydroxyl groups is 1. The molecule has 2 atom stereocenters. The molecule has 2 heterocycles. The molecule has 7 nitrogen and oxygen atoms in total. The van der Waals surface area contributed by atoms with E-state index in [0.29, 0.717) is 29.5 Å². The Morgan fingerprint density at radius 1 is 1.43 bits per heavy atom. The van der Waals surface area contributed by atoms with Crippen molar-refractivity contribution in [2.75, 3.05) is 13.1 Å². The van der Waals surface area contributed by atoms with E-state index < -0.39 is 6.10 Å². The van der Waals surface area contributed by atoms with Crippen LogP contribution in [-0.4, -0.2) is 49.6 Å². The smallest absolute Gasteiger partial charge is 0.225 e. The fraction of sp³-hybridized carbons (Fsp3) is 0.467. The van der Waals surface area contributed by atoms with Gasteiger partial charge in [-0.3, -0.25) is 4.79 Å². The SMILES string of the molecule is O=C(CC(O)c1ccc(Cl)cc1)N1CCCC(c2nn[nH]n2)C1. The molecular weight excluding hydrogens is 318 g/mol. The Bertz CT molecular complexity index is 646. The topological polar surface area (TPSA) is 95.0 Å². The fourth-order valence-electron chi connectivity index (χ4n) is 2.85. The second-order valence-corrected chi connectivity index (χ2v) is 6.16. The number of carbonyl (C=O) groups is 1. The maximum absolute atomic E-state index is 12.4. The average molecular weight is 336 g/mol. The zero-order valence-corrected chi connectivity index (χ0v) is 13.3. The van der Waals surface area contributed by atoms with Crippen molar-refractivity contribution in [3.63, 3.8) is 0 Å². The summed E-state index contributed by atoms with van der Waals surface area (Å²) in [6.45, 7) is 1.26. The van der Waals surface area contributed by atoms with Crippen molar-refractivity contribution in [1.29, 1.82) is 0 Å². The van der Waals surface area contributed by atoms with Crippen LogP contribution in [0.15, 0.2) is 24.3 Å². The molecule has 8 heteroatoms. The zero-order valence-electron chi connectivity index (χ0n) is 12.5. The second-order valence-electron chi connectivity index (χ2n) is 5.72. The van der Waals surface area contributed by atoms with Crippen LogP contribution >= 0.6 is 11.6 Å². The summed E-state index contributed by atoms with van der Waals surface area (Å²) < 4.78 is 0. The molecule has 23 heavy (non-hydrogen) atoms. The van der Waals surface area contributed by atoms with Gasteiger partial charge in [-0.15, -0.1) is 10.2 Å². The van der Waals surface area contributed by atoms with Crippen LogP contribution in [-0.2, 0) is 4.79 Å². The van der Waals surface area contributed by atoms with Crippen molar-refractivity contribution in [3.05, 3.63) is 40.7 Å². The first-order chi connectivity index (χ1) is 11.1. The van der Waals surface area contributed by atoms with Crippen molar-refractivity contribution in [2.45, 2.75) is 31.3 Å². The molecule has 122 valence electrons. The summed E-state index contributed by atoms with van der Waals surface area (Å²) in [6, 6.07) is 6.88. The van der Waals surface area contributed by atoms with Gasteiger partial charge in [0.1, 0.15) is 0 Å². The number of tetrazole rings is 1. The lowest BCUT2D eigenvalue weighted by atomic mass is 9.96. The van der Waals surface area contributed by atoms with Gasteiger partial charge in [0.05, 0.1) is 12.5 Å². The molecule has 0 saturated carbocycles. The minimum atomic E-state index is -0.828. The highest BCUT2D eigenvalue weighted by Gasteiger charge is 2.28. The molecule has 1 aromatic heterocycles. The second kappa shape index (κ2) is 7.06. The number of aliphatic hydroxyl groups excluding tert-OH is 1. The van der Waals surface area contributed by atoms with Gasteiger partial charge in [-0.2, -0.15) is 5.21 Å². The predicted molar refractivity (Wildman–Crippen MR) is 83.8 cm³/mol. The Hall–Kier alpha value is -1.99. The number of halogens is 1. The van der Waals surface area contributed by atoms with E-state index in [4.69, 9.17) is 11.6 Å². The van der Waals surface area contributed by atoms with Crippen LogP contribution in [0.5, 0.6) is 0 Å². The van der Waals surface area contributed by atoms with Crippen molar-refractivity contribution in [1.82, 2.24) is 25.5 Å². The van der Waals surface area contributed by atoms with Gasteiger partial charge in [-0.05, 0) is 30.5 Å². The summed E-state index contributed by atoms with van der Waals surface area (Å²) in [5.41, 5.74) is 0.689. The molecule has 1 aromatic carbocycles. The third-order valence-electron chi connectivity index (χ3n) is 4.12. The summed E-state index contributed by atoms with van der Waals surface area (Å²) in [5.74, 6) is 0.667. The summed E-state index contributed by atoms with van der Waals surface area (Å²) in [7, 11) is 0. The van der Waals surface area contributed by atoms with Crippen LogP contribution in [0.25, 0.3) is 0 Å². The van der Waals surface area contributed by atoms with Crippen molar-refractivity contribution in [2.24, 2.45) is 0 Å². The zero-order chi connectivity index (χ0) is 16.2. The Labute approximate surface area is 138 Å². The molecule has 0 radical (unpaired) electrons. The highest BCUT2D eigenvalue weighted by molar-refractivity contribution is 6.30. The lowest BCUT2D eigenvalue weighted by molar-refractivity contribution is -0.134. The molecule has 0 bridgehead atoms. The third-order valence-corrected chi connectivity index (χ3v) is 4.38. The number of aromatic nitrogens is 4. The van der Waals surface area contributed by atoms with Gasteiger partial charge in [0.15, 0.2) is 5.82 Å². The number of aromatic amines is 1. The largest absolute Gasteiger partial charge is 0.388 e. The molecule has 1 aliphatic heterocycles. The Morgan fingerprint density at radius 2 is 2.22 bits per heavy atom. The average Bonchev–Trinajstić information content (AvgIpc) is 3.10. The van der Waals surface area contributed by atoms with E-state index in [0.717, 1.165) is 12.8 Å². The van der Waals surface area contributed by atoms with E-state index >= 15 is 0 Å². The summed E-state index contributed by atoms with van der Waals surface area (Å²) in [6.07, 6.45) is 1.05. The summed E-state index contributed by atoms with van der Waals surface area (Å²) >= 11 is 5.83. The summed E-state index contributed by atoms with van der Waals surface area (Å²) in [4.78, 5) is 14.2. The monoisotopic (exact) mass is 335 g/mol. The molecule has 1 amide bonds. The Balaban J connectivity index is 1.60. The van der Waals surface area contributed by atoms with Gasteiger partial charge in [-0.25, -0.2) is 0 Å². The first-order valence-corrected chi connectivity index (χ1v) is 7.96. The quantitative estimate of drug-likeness (QED) is 0.886. The Kier molecular flexibility index (Phi) is 4.88. The maximum Gasteiger partial charge on any atom is 0.225 e. The molecule has 1 aliphatic rings. The molecule has 2 N–H and O–H groups in total. The lowest BCUT2D eigenvalue weighted by Gasteiger charge is -2.31. The molecule has 0 aliphatic carbocycles. The number of benzene rings is 1. The fourth-order valence-corrected chi connectivity index (χ4v) is 2.98. The number of hydrogen-bond donors (Lipinski definition) is 2. The van der Waals surface area contributed by atoms with E-state index in [1.807, 2.05) is 0 Å². The first-order valence-electron chi connectivity index (χ1n) is 7.58.